The minimum atomic E-state index is -0.141. The van der Waals surface area contributed by atoms with Gasteiger partial charge in [-0.1, -0.05) is 49.0 Å². The van der Waals surface area contributed by atoms with E-state index in [1.165, 1.54) is 11.8 Å². The van der Waals surface area contributed by atoms with Gasteiger partial charge in [-0.15, -0.1) is 0 Å². The van der Waals surface area contributed by atoms with Crippen molar-refractivity contribution in [2.24, 2.45) is 0 Å². The van der Waals surface area contributed by atoms with Crippen LogP contribution in [0, 0.1) is 13.8 Å². The maximum atomic E-state index is 13.4. The van der Waals surface area contributed by atoms with Gasteiger partial charge in [-0.25, -0.2) is 4.98 Å². The van der Waals surface area contributed by atoms with Crippen LogP contribution in [0.2, 0.25) is 0 Å². The lowest BCUT2D eigenvalue weighted by molar-refractivity contribution is -0.113. The SMILES string of the molecule is CCc1cccc(NC(=O)CSc2nc3ccccc3c(=O)n2-c2cc(C)cc(C)c2)c1. The number of carbonyl (C=O) groups excluding carboxylic acids is 1. The van der Waals surface area contributed by atoms with Crippen molar-refractivity contribution in [1.29, 1.82) is 0 Å². The molecule has 0 spiro atoms. The summed E-state index contributed by atoms with van der Waals surface area (Å²) in [6.45, 7) is 6.08. The maximum absolute atomic E-state index is 13.4. The Morgan fingerprint density at radius 3 is 2.50 bits per heavy atom. The summed E-state index contributed by atoms with van der Waals surface area (Å²) < 4.78 is 1.61. The van der Waals surface area contributed by atoms with E-state index in [4.69, 9.17) is 4.98 Å². The van der Waals surface area contributed by atoms with Gasteiger partial charge in [0.1, 0.15) is 0 Å². The Morgan fingerprint density at radius 2 is 1.75 bits per heavy atom. The number of anilines is 1. The lowest BCUT2D eigenvalue weighted by atomic mass is 10.1. The molecule has 0 aliphatic carbocycles. The molecule has 4 aromatic rings. The number of nitrogens with zero attached hydrogens (tertiary/aromatic N) is 2. The number of carbonyl (C=O) groups is 1. The Labute approximate surface area is 191 Å². The van der Waals surface area contributed by atoms with Gasteiger partial charge >= 0.3 is 0 Å². The number of fused-ring (bicyclic) bond motifs is 1. The first-order valence-corrected chi connectivity index (χ1v) is 11.5. The second-order valence-corrected chi connectivity index (χ2v) is 8.73. The Balaban J connectivity index is 1.68. The molecule has 0 atom stereocenters. The highest BCUT2D eigenvalue weighted by atomic mass is 32.2. The van der Waals surface area contributed by atoms with E-state index in [9.17, 15) is 9.59 Å². The smallest absolute Gasteiger partial charge is 0.266 e. The summed E-state index contributed by atoms with van der Waals surface area (Å²) in [7, 11) is 0. The van der Waals surface area contributed by atoms with Gasteiger partial charge in [0.15, 0.2) is 5.16 Å². The second kappa shape index (κ2) is 9.40. The third-order valence-corrected chi connectivity index (χ3v) is 6.10. The zero-order valence-electron chi connectivity index (χ0n) is 18.4. The summed E-state index contributed by atoms with van der Waals surface area (Å²) in [5, 5.41) is 3.99. The van der Waals surface area contributed by atoms with Crippen LogP contribution in [-0.4, -0.2) is 21.2 Å². The predicted octanol–water partition coefficient (Wildman–Crippen LogP) is 5.30. The normalized spacial score (nSPS) is 11.0. The molecule has 32 heavy (non-hydrogen) atoms. The molecule has 1 heterocycles. The minimum absolute atomic E-state index is 0.140. The number of amides is 1. The monoisotopic (exact) mass is 443 g/mol. The van der Waals surface area contributed by atoms with E-state index >= 15 is 0 Å². The van der Waals surface area contributed by atoms with Crippen molar-refractivity contribution < 1.29 is 4.79 Å². The average Bonchev–Trinajstić information content (AvgIpc) is 2.77. The summed E-state index contributed by atoms with van der Waals surface area (Å²) in [5.74, 6) is 0.00369. The highest BCUT2D eigenvalue weighted by molar-refractivity contribution is 7.99. The molecule has 0 bridgehead atoms. The van der Waals surface area contributed by atoms with Crippen molar-refractivity contribution in [3.8, 4) is 5.69 Å². The van der Waals surface area contributed by atoms with E-state index < -0.39 is 0 Å². The van der Waals surface area contributed by atoms with Crippen LogP contribution in [0.3, 0.4) is 0 Å². The van der Waals surface area contributed by atoms with Crippen molar-refractivity contribution in [3.63, 3.8) is 0 Å². The fourth-order valence-electron chi connectivity index (χ4n) is 3.71. The van der Waals surface area contributed by atoms with E-state index in [-0.39, 0.29) is 17.2 Å². The molecule has 0 radical (unpaired) electrons. The highest BCUT2D eigenvalue weighted by Crippen LogP contribution is 2.23. The summed E-state index contributed by atoms with van der Waals surface area (Å²) >= 11 is 1.26. The molecule has 6 heteroatoms. The molecule has 3 aromatic carbocycles. The van der Waals surface area contributed by atoms with Gasteiger partial charge in [0.05, 0.1) is 22.3 Å². The van der Waals surface area contributed by atoms with Crippen LogP contribution in [-0.2, 0) is 11.2 Å². The lowest BCUT2D eigenvalue weighted by Crippen LogP contribution is -2.23. The van der Waals surface area contributed by atoms with E-state index in [0.717, 1.165) is 34.5 Å². The summed E-state index contributed by atoms with van der Waals surface area (Å²) in [5.41, 5.74) is 5.29. The molecule has 0 fully saturated rings. The van der Waals surface area contributed by atoms with Gasteiger partial charge in [0.2, 0.25) is 5.91 Å². The van der Waals surface area contributed by atoms with Crippen LogP contribution < -0.4 is 10.9 Å². The molecule has 1 N–H and O–H groups in total. The van der Waals surface area contributed by atoms with Crippen LogP contribution in [0.25, 0.3) is 16.6 Å². The molecule has 0 aliphatic rings. The Kier molecular flexibility index (Phi) is 6.42. The zero-order chi connectivity index (χ0) is 22.7. The molecular formula is C26H25N3O2S. The summed E-state index contributed by atoms with van der Waals surface area (Å²) in [6, 6.07) is 21.1. The van der Waals surface area contributed by atoms with Crippen LogP contribution in [0.5, 0.6) is 0 Å². The Hall–Kier alpha value is -3.38. The third kappa shape index (κ3) is 4.75. The molecule has 4 rings (SSSR count). The number of benzene rings is 3. The number of para-hydroxylation sites is 1. The molecule has 0 saturated heterocycles. The average molecular weight is 444 g/mol. The third-order valence-electron chi connectivity index (χ3n) is 5.16. The first-order chi connectivity index (χ1) is 15.4. The van der Waals surface area contributed by atoms with Gasteiger partial charge in [-0.3, -0.25) is 14.2 Å². The molecular weight excluding hydrogens is 418 g/mol. The second-order valence-electron chi connectivity index (χ2n) is 7.79. The molecule has 5 nitrogen and oxygen atoms in total. The van der Waals surface area contributed by atoms with Crippen molar-refractivity contribution in [2.75, 3.05) is 11.1 Å². The Morgan fingerprint density at radius 1 is 1.00 bits per heavy atom. The van der Waals surface area contributed by atoms with Crippen LogP contribution in [0.15, 0.2) is 76.7 Å². The number of hydrogen-bond donors (Lipinski definition) is 1. The first-order valence-electron chi connectivity index (χ1n) is 10.6. The predicted molar refractivity (Wildman–Crippen MR) is 132 cm³/mol. The lowest BCUT2D eigenvalue weighted by Gasteiger charge is -2.14. The van der Waals surface area contributed by atoms with Crippen molar-refractivity contribution >= 4 is 34.3 Å². The van der Waals surface area contributed by atoms with Crippen molar-refractivity contribution in [1.82, 2.24) is 9.55 Å². The number of aromatic nitrogens is 2. The summed E-state index contributed by atoms with van der Waals surface area (Å²) in [4.78, 5) is 30.8. The number of thioether (sulfide) groups is 1. The number of aryl methyl sites for hydroxylation is 3. The quantitative estimate of drug-likeness (QED) is 0.325. The first kappa shape index (κ1) is 21.8. The molecule has 0 unspecified atom stereocenters. The minimum Gasteiger partial charge on any atom is -0.325 e. The molecule has 0 saturated carbocycles. The van der Waals surface area contributed by atoms with E-state index in [2.05, 4.69) is 18.3 Å². The largest absolute Gasteiger partial charge is 0.325 e. The van der Waals surface area contributed by atoms with Crippen molar-refractivity contribution in [3.05, 3.63) is 93.8 Å². The molecule has 1 amide bonds. The fraction of sp³-hybridized carbons (Fsp3) is 0.192. The standard InChI is InChI=1S/C26H25N3O2S/c1-4-19-8-7-9-20(15-19)27-24(30)16-32-26-28-23-11-6-5-10-22(23)25(31)29(26)21-13-17(2)12-18(3)14-21/h5-15H,4,16H2,1-3H3,(H,27,30). The number of hydrogen-bond acceptors (Lipinski definition) is 4. The molecule has 1 aromatic heterocycles. The molecule has 162 valence electrons. The maximum Gasteiger partial charge on any atom is 0.266 e. The Bertz CT molecular complexity index is 1340. The van der Waals surface area contributed by atoms with Gasteiger partial charge in [0, 0.05) is 5.69 Å². The fourth-order valence-corrected chi connectivity index (χ4v) is 4.53. The van der Waals surface area contributed by atoms with Gasteiger partial charge < -0.3 is 5.32 Å². The van der Waals surface area contributed by atoms with Crippen molar-refractivity contribution in [2.45, 2.75) is 32.3 Å². The topological polar surface area (TPSA) is 64.0 Å². The number of nitrogens with one attached hydrogen (secondary N) is 1. The van der Waals surface area contributed by atoms with Crippen LogP contribution in [0.1, 0.15) is 23.6 Å². The highest BCUT2D eigenvalue weighted by Gasteiger charge is 2.15. The van der Waals surface area contributed by atoms with Gasteiger partial charge in [0.25, 0.3) is 5.56 Å². The van der Waals surface area contributed by atoms with E-state index in [1.54, 1.807) is 10.6 Å². The zero-order valence-corrected chi connectivity index (χ0v) is 19.2. The van der Waals surface area contributed by atoms with Crippen LogP contribution in [0.4, 0.5) is 5.69 Å². The summed E-state index contributed by atoms with van der Waals surface area (Å²) in [6.07, 6.45) is 0.904. The van der Waals surface area contributed by atoms with Gasteiger partial charge in [-0.2, -0.15) is 0 Å². The van der Waals surface area contributed by atoms with Crippen LogP contribution >= 0.6 is 11.8 Å². The number of rotatable bonds is 6. The van der Waals surface area contributed by atoms with Gasteiger partial charge in [-0.05, 0) is 73.4 Å². The molecule has 0 aliphatic heterocycles. The van der Waals surface area contributed by atoms with E-state index in [0.29, 0.717) is 16.1 Å². The van der Waals surface area contributed by atoms with E-state index in [1.807, 2.05) is 68.4 Å².